The molecule has 2 N–H and O–H groups in total. The molecule has 1 fully saturated rings. The maximum absolute atomic E-state index is 6.15. The molecule has 1 aromatic heterocycles. The summed E-state index contributed by atoms with van der Waals surface area (Å²) >= 11 is 12.0. The third kappa shape index (κ3) is 2.97. The molecule has 1 saturated carbocycles. The Morgan fingerprint density at radius 2 is 2.15 bits per heavy atom. The van der Waals surface area contributed by atoms with Crippen molar-refractivity contribution in [3.63, 3.8) is 0 Å². The van der Waals surface area contributed by atoms with Crippen molar-refractivity contribution in [2.24, 2.45) is 5.73 Å². The Hall–Kier alpha value is -1.10. The van der Waals surface area contributed by atoms with Gasteiger partial charge >= 0.3 is 0 Å². The number of nitrogens with two attached hydrogens (primary N) is 1. The van der Waals surface area contributed by atoms with Crippen LogP contribution in [0.25, 0.3) is 0 Å². The fraction of sp³-hybridized carbons (Fsp3) is 0.429. The highest BCUT2D eigenvalue weighted by Gasteiger charge is 2.27. The lowest BCUT2D eigenvalue weighted by atomic mass is 10.1. The molecule has 1 heterocycles. The van der Waals surface area contributed by atoms with Gasteiger partial charge < -0.3 is 10.3 Å². The molecule has 1 aliphatic carbocycles. The van der Waals surface area contributed by atoms with Gasteiger partial charge in [0.2, 0.25) is 5.89 Å². The van der Waals surface area contributed by atoms with Crippen LogP contribution in [-0.4, -0.2) is 16.2 Å². The predicted molar refractivity (Wildman–Crippen MR) is 78.1 cm³/mol. The van der Waals surface area contributed by atoms with Gasteiger partial charge in [-0.1, -0.05) is 34.4 Å². The largest absolute Gasteiger partial charge is 0.339 e. The smallest absolute Gasteiger partial charge is 0.229 e. The molecule has 3 rings (SSSR count). The Balaban J connectivity index is 1.74. The predicted octanol–water partition coefficient (Wildman–Crippen LogP) is 3.56. The molecule has 0 saturated heterocycles. The summed E-state index contributed by atoms with van der Waals surface area (Å²) in [4.78, 5) is 4.46. The Morgan fingerprint density at radius 1 is 1.30 bits per heavy atom. The summed E-state index contributed by atoms with van der Waals surface area (Å²) in [7, 11) is 0. The van der Waals surface area contributed by atoms with E-state index in [2.05, 4.69) is 10.1 Å². The second-order valence-electron chi connectivity index (χ2n) is 5.23. The van der Waals surface area contributed by atoms with Gasteiger partial charge in [-0.05, 0) is 37.0 Å². The quantitative estimate of drug-likeness (QED) is 0.941. The van der Waals surface area contributed by atoms with Crippen molar-refractivity contribution in [3.8, 4) is 0 Å². The van der Waals surface area contributed by atoms with E-state index in [-0.39, 0.29) is 6.04 Å². The number of hydrogen-bond acceptors (Lipinski definition) is 4. The van der Waals surface area contributed by atoms with E-state index in [4.69, 9.17) is 33.5 Å². The van der Waals surface area contributed by atoms with E-state index in [1.165, 1.54) is 0 Å². The van der Waals surface area contributed by atoms with Crippen LogP contribution >= 0.6 is 23.2 Å². The topological polar surface area (TPSA) is 64.9 Å². The molecule has 0 bridgehead atoms. The van der Waals surface area contributed by atoms with Gasteiger partial charge in [0.1, 0.15) is 0 Å². The van der Waals surface area contributed by atoms with Crippen LogP contribution < -0.4 is 5.73 Å². The van der Waals surface area contributed by atoms with E-state index in [0.29, 0.717) is 34.1 Å². The highest BCUT2D eigenvalue weighted by atomic mass is 35.5. The lowest BCUT2D eigenvalue weighted by Gasteiger charge is -2.02. The van der Waals surface area contributed by atoms with Crippen LogP contribution in [-0.2, 0) is 6.42 Å². The third-order valence-electron chi connectivity index (χ3n) is 3.67. The van der Waals surface area contributed by atoms with Crippen LogP contribution in [0.2, 0.25) is 10.0 Å². The molecule has 0 spiro atoms. The molecule has 0 amide bonds. The normalized spacial score (nSPS) is 22.4. The minimum Gasteiger partial charge on any atom is -0.339 e. The van der Waals surface area contributed by atoms with Gasteiger partial charge in [-0.25, -0.2) is 0 Å². The second kappa shape index (κ2) is 5.72. The molecule has 1 aliphatic rings. The molecule has 0 aliphatic heterocycles. The molecule has 2 unspecified atom stereocenters. The molecule has 4 nitrogen and oxygen atoms in total. The first-order chi connectivity index (χ1) is 9.61. The molecular formula is C14H15Cl2N3O. The molecule has 106 valence electrons. The van der Waals surface area contributed by atoms with Crippen LogP contribution in [0.3, 0.4) is 0 Å². The lowest BCUT2D eigenvalue weighted by Crippen LogP contribution is -2.14. The zero-order valence-electron chi connectivity index (χ0n) is 10.9. The van der Waals surface area contributed by atoms with Gasteiger partial charge in [0.05, 0.1) is 0 Å². The maximum atomic E-state index is 6.15. The van der Waals surface area contributed by atoms with Gasteiger partial charge in [-0.15, -0.1) is 0 Å². The van der Waals surface area contributed by atoms with Crippen molar-refractivity contribution in [1.29, 1.82) is 0 Å². The van der Waals surface area contributed by atoms with E-state index >= 15 is 0 Å². The molecule has 0 radical (unpaired) electrons. The SMILES string of the molecule is NC1CCC(c2nc(Cc3ccc(Cl)cc3Cl)no2)C1. The number of rotatable bonds is 3. The minimum atomic E-state index is 0.251. The molecular weight excluding hydrogens is 297 g/mol. The van der Waals surface area contributed by atoms with Crippen molar-refractivity contribution in [2.45, 2.75) is 37.6 Å². The first-order valence-corrected chi connectivity index (χ1v) is 7.39. The zero-order valence-corrected chi connectivity index (χ0v) is 12.4. The van der Waals surface area contributed by atoms with E-state index in [0.717, 1.165) is 24.8 Å². The minimum absolute atomic E-state index is 0.251. The number of hydrogen-bond donors (Lipinski definition) is 1. The van der Waals surface area contributed by atoms with Crippen LogP contribution in [0.15, 0.2) is 22.7 Å². The van der Waals surface area contributed by atoms with Crippen molar-refractivity contribution < 1.29 is 4.52 Å². The highest BCUT2D eigenvalue weighted by molar-refractivity contribution is 6.35. The monoisotopic (exact) mass is 311 g/mol. The van der Waals surface area contributed by atoms with E-state index < -0.39 is 0 Å². The van der Waals surface area contributed by atoms with Crippen molar-refractivity contribution in [2.75, 3.05) is 0 Å². The Labute approximate surface area is 127 Å². The first-order valence-electron chi connectivity index (χ1n) is 6.64. The Kier molecular flexibility index (Phi) is 3.96. The lowest BCUT2D eigenvalue weighted by molar-refractivity contribution is 0.350. The van der Waals surface area contributed by atoms with Crippen LogP contribution in [0.1, 0.15) is 42.5 Å². The fourth-order valence-electron chi connectivity index (χ4n) is 2.58. The van der Waals surface area contributed by atoms with Crippen LogP contribution in [0, 0.1) is 0 Å². The summed E-state index contributed by atoms with van der Waals surface area (Å²) in [5.41, 5.74) is 6.84. The van der Waals surface area contributed by atoms with Gasteiger partial charge in [0.15, 0.2) is 5.82 Å². The van der Waals surface area contributed by atoms with Crippen LogP contribution in [0.5, 0.6) is 0 Å². The second-order valence-corrected chi connectivity index (χ2v) is 6.08. The Bertz CT molecular complexity index is 614. The molecule has 20 heavy (non-hydrogen) atoms. The van der Waals surface area contributed by atoms with E-state index in [9.17, 15) is 0 Å². The summed E-state index contributed by atoms with van der Waals surface area (Å²) < 4.78 is 5.35. The number of nitrogens with zero attached hydrogens (tertiary/aromatic N) is 2. The number of benzene rings is 1. The highest BCUT2D eigenvalue weighted by Crippen LogP contribution is 2.32. The van der Waals surface area contributed by atoms with Gasteiger partial charge in [-0.2, -0.15) is 4.98 Å². The molecule has 2 atom stereocenters. The standard InChI is InChI=1S/C14H15Cl2N3O/c15-10-3-1-8(12(16)7-10)6-13-18-14(20-19-13)9-2-4-11(17)5-9/h1,3,7,9,11H,2,4-6,17H2. The molecule has 6 heteroatoms. The van der Waals surface area contributed by atoms with Gasteiger partial charge in [0, 0.05) is 28.4 Å². The molecule has 1 aromatic carbocycles. The average Bonchev–Trinajstić information content (AvgIpc) is 3.02. The summed E-state index contributed by atoms with van der Waals surface area (Å²) in [5, 5.41) is 5.26. The third-order valence-corrected chi connectivity index (χ3v) is 4.26. The van der Waals surface area contributed by atoms with E-state index in [1.54, 1.807) is 12.1 Å². The number of aromatic nitrogens is 2. The number of halogens is 2. The summed E-state index contributed by atoms with van der Waals surface area (Å²) in [6, 6.07) is 5.66. The van der Waals surface area contributed by atoms with Gasteiger partial charge in [0.25, 0.3) is 0 Å². The summed E-state index contributed by atoms with van der Waals surface area (Å²) in [6.07, 6.45) is 3.50. The van der Waals surface area contributed by atoms with Crippen LogP contribution in [0.4, 0.5) is 0 Å². The summed E-state index contributed by atoms with van der Waals surface area (Å²) in [5.74, 6) is 1.63. The first kappa shape index (κ1) is 13.9. The summed E-state index contributed by atoms with van der Waals surface area (Å²) in [6.45, 7) is 0. The zero-order chi connectivity index (χ0) is 14.1. The maximum Gasteiger partial charge on any atom is 0.229 e. The van der Waals surface area contributed by atoms with Crippen molar-refractivity contribution in [1.82, 2.24) is 10.1 Å². The molecule has 2 aromatic rings. The van der Waals surface area contributed by atoms with Crippen molar-refractivity contribution >= 4 is 23.2 Å². The fourth-order valence-corrected chi connectivity index (χ4v) is 3.06. The van der Waals surface area contributed by atoms with Crippen molar-refractivity contribution in [3.05, 3.63) is 45.5 Å². The van der Waals surface area contributed by atoms with E-state index in [1.807, 2.05) is 6.07 Å². The Morgan fingerprint density at radius 3 is 2.85 bits per heavy atom. The average molecular weight is 312 g/mol. The van der Waals surface area contributed by atoms with Gasteiger partial charge in [-0.3, -0.25) is 0 Å².